The lowest BCUT2D eigenvalue weighted by Crippen LogP contribution is -2.09. The lowest BCUT2D eigenvalue weighted by molar-refractivity contribution is -0.139. The Hall–Kier alpha value is -0.0500. The Balaban J connectivity index is 2.71. The summed E-state index contributed by atoms with van der Waals surface area (Å²) in [4.78, 5) is 10.2. The SMILES string of the molecule is O=C(O)COc1cc(I)cc(I)c1. The van der Waals surface area contributed by atoms with Crippen molar-refractivity contribution < 1.29 is 14.6 Å². The van der Waals surface area contributed by atoms with Crippen LogP contribution in [0.25, 0.3) is 0 Å². The van der Waals surface area contributed by atoms with Gasteiger partial charge in [-0.05, 0) is 63.4 Å². The minimum atomic E-state index is -0.964. The van der Waals surface area contributed by atoms with Crippen molar-refractivity contribution in [3.05, 3.63) is 25.3 Å². The molecule has 0 saturated heterocycles. The summed E-state index contributed by atoms with van der Waals surface area (Å²) in [7, 11) is 0. The summed E-state index contributed by atoms with van der Waals surface area (Å²) in [5.41, 5.74) is 0. The van der Waals surface area contributed by atoms with Crippen LogP contribution in [0.3, 0.4) is 0 Å². The molecular weight excluding hydrogens is 398 g/mol. The van der Waals surface area contributed by atoms with E-state index in [-0.39, 0.29) is 6.61 Å². The van der Waals surface area contributed by atoms with Crippen LogP contribution in [0.15, 0.2) is 18.2 Å². The maximum Gasteiger partial charge on any atom is 0.341 e. The van der Waals surface area contributed by atoms with Gasteiger partial charge < -0.3 is 9.84 Å². The van der Waals surface area contributed by atoms with Gasteiger partial charge in [0.25, 0.3) is 0 Å². The molecular formula is C8H6I2O3. The lowest BCUT2D eigenvalue weighted by Gasteiger charge is -2.03. The van der Waals surface area contributed by atoms with Gasteiger partial charge in [0.15, 0.2) is 6.61 Å². The van der Waals surface area contributed by atoms with Crippen molar-refractivity contribution in [2.45, 2.75) is 0 Å². The highest BCUT2D eigenvalue weighted by Gasteiger charge is 2.01. The van der Waals surface area contributed by atoms with Crippen LogP contribution in [0.1, 0.15) is 0 Å². The zero-order valence-corrected chi connectivity index (χ0v) is 10.8. The standard InChI is InChI=1S/C8H6I2O3/c9-5-1-6(10)3-7(2-5)13-4-8(11)12/h1-3H,4H2,(H,11,12). The first-order valence-corrected chi connectivity index (χ1v) is 5.54. The fourth-order valence-corrected chi connectivity index (χ4v) is 2.64. The van der Waals surface area contributed by atoms with Crippen molar-refractivity contribution in [1.29, 1.82) is 0 Å². The predicted octanol–water partition coefficient (Wildman–Crippen LogP) is 2.36. The van der Waals surface area contributed by atoms with E-state index in [1.165, 1.54) is 0 Å². The van der Waals surface area contributed by atoms with Gasteiger partial charge in [-0.2, -0.15) is 0 Å². The molecule has 1 aromatic carbocycles. The topological polar surface area (TPSA) is 46.5 Å². The first-order chi connectivity index (χ1) is 6.08. The number of hydrogen-bond donors (Lipinski definition) is 1. The molecule has 3 nitrogen and oxygen atoms in total. The molecule has 0 bridgehead atoms. The number of rotatable bonds is 3. The third kappa shape index (κ3) is 4.12. The zero-order valence-electron chi connectivity index (χ0n) is 6.46. The molecule has 1 aromatic rings. The Morgan fingerprint density at radius 2 is 1.85 bits per heavy atom. The van der Waals surface area contributed by atoms with Gasteiger partial charge in [0, 0.05) is 7.14 Å². The molecule has 0 fully saturated rings. The summed E-state index contributed by atoms with van der Waals surface area (Å²) in [5, 5.41) is 8.38. The van der Waals surface area contributed by atoms with Crippen molar-refractivity contribution >= 4 is 51.2 Å². The number of carbonyl (C=O) groups is 1. The smallest absolute Gasteiger partial charge is 0.341 e. The molecule has 0 aliphatic carbocycles. The van der Waals surface area contributed by atoms with Crippen LogP contribution in [0.4, 0.5) is 0 Å². The van der Waals surface area contributed by atoms with Crippen molar-refractivity contribution in [3.8, 4) is 5.75 Å². The summed E-state index contributed by atoms with van der Waals surface area (Å²) >= 11 is 4.31. The second-order valence-electron chi connectivity index (χ2n) is 2.29. The fourth-order valence-electron chi connectivity index (χ4n) is 0.757. The minimum absolute atomic E-state index is 0.295. The second kappa shape index (κ2) is 4.99. The number of benzene rings is 1. The predicted molar refractivity (Wildman–Crippen MR) is 65.0 cm³/mol. The van der Waals surface area contributed by atoms with E-state index in [4.69, 9.17) is 9.84 Å². The molecule has 0 unspecified atom stereocenters. The number of ether oxygens (including phenoxy) is 1. The molecule has 70 valence electrons. The summed E-state index contributed by atoms with van der Waals surface area (Å²) in [6.07, 6.45) is 0. The monoisotopic (exact) mass is 404 g/mol. The van der Waals surface area contributed by atoms with E-state index in [1.54, 1.807) is 12.1 Å². The highest BCUT2D eigenvalue weighted by Crippen LogP contribution is 2.19. The minimum Gasteiger partial charge on any atom is -0.482 e. The van der Waals surface area contributed by atoms with E-state index in [2.05, 4.69) is 45.2 Å². The Bertz CT molecular complexity index is 305. The molecule has 0 radical (unpaired) electrons. The summed E-state index contributed by atoms with van der Waals surface area (Å²) in [6.45, 7) is -0.295. The van der Waals surface area contributed by atoms with Gasteiger partial charge in [-0.15, -0.1) is 0 Å². The Kier molecular flexibility index (Phi) is 4.23. The number of carboxylic acid groups (broad SMARTS) is 1. The van der Waals surface area contributed by atoms with Crippen LogP contribution in [-0.2, 0) is 4.79 Å². The van der Waals surface area contributed by atoms with Gasteiger partial charge in [0.05, 0.1) is 0 Å². The maximum absolute atomic E-state index is 10.2. The van der Waals surface area contributed by atoms with Crippen LogP contribution >= 0.6 is 45.2 Å². The Morgan fingerprint density at radius 1 is 1.31 bits per heavy atom. The molecule has 0 spiro atoms. The molecule has 0 saturated carbocycles. The van der Waals surface area contributed by atoms with Crippen molar-refractivity contribution in [3.63, 3.8) is 0 Å². The first-order valence-electron chi connectivity index (χ1n) is 3.38. The highest BCUT2D eigenvalue weighted by molar-refractivity contribution is 14.1. The second-order valence-corrected chi connectivity index (χ2v) is 4.78. The molecule has 1 N–H and O–H groups in total. The average molecular weight is 404 g/mol. The quantitative estimate of drug-likeness (QED) is 0.788. The third-order valence-electron chi connectivity index (χ3n) is 1.20. The lowest BCUT2D eigenvalue weighted by atomic mass is 10.3. The molecule has 0 aromatic heterocycles. The molecule has 0 heterocycles. The maximum atomic E-state index is 10.2. The fraction of sp³-hybridized carbons (Fsp3) is 0.125. The van der Waals surface area contributed by atoms with E-state index < -0.39 is 5.97 Å². The Morgan fingerprint density at radius 3 is 2.31 bits per heavy atom. The van der Waals surface area contributed by atoms with Gasteiger partial charge >= 0.3 is 5.97 Å². The van der Waals surface area contributed by atoms with Gasteiger partial charge in [-0.25, -0.2) is 4.79 Å². The number of carboxylic acids is 1. The molecule has 0 aliphatic rings. The molecule has 0 aliphatic heterocycles. The van der Waals surface area contributed by atoms with Crippen LogP contribution in [0.5, 0.6) is 5.75 Å². The summed E-state index contributed by atoms with van der Waals surface area (Å²) in [6, 6.07) is 5.58. The molecule has 0 amide bonds. The zero-order chi connectivity index (χ0) is 9.84. The van der Waals surface area contributed by atoms with Crippen LogP contribution in [0.2, 0.25) is 0 Å². The van der Waals surface area contributed by atoms with Crippen molar-refractivity contribution in [2.24, 2.45) is 0 Å². The number of aliphatic carboxylic acids is 1. The molecule has 5 heteroatoms. The van der Waals surface area contributed by atoms with Gasteiger partial charge in [0.2, 0.25) is 0 Å². The molecule has 1 rings (SSSR count). The van der Waals surface area contributed by atoms with E-state index in [1.807, 2.05) is 6.07 Å². The van der Waals surface area contributed by atoms with Crippen LogP contribution < -0.4 is 4.74 Å². The molecule has 0 atom stereocenters. The van der Waals surface area contributed by atoms with Crippen molar-refractivity contribution in [2.75, 3.05) is 6.61 Å². The number of halogens is 2. The summed E-state index contributed by atoms with van der Waals surface area (Å²) < 4.78 is 7.08. The largest absolute Gasteiger partial charge is 0.482 e. The van der Waals surface area contributed by atoms with E-state index >= 15 is 0 Å². The average Bonchev–Trinajstić information content (AvgIpc) is 1.99. The highest BCUT2D eigenvalue weighted by atomic mass is 127. The van der Waals surface area contributed by atoms with Crippen LogP contribution in [0, 0.1) is 7.14 Å². The Labute approximate surface area is 103 Å². The third-order valence-corrected chi connectivity index (χ3v) is 2.44. The number of hydrogen-bond acceptors (Lipinski definition) is 2. The normalized spacial score (nSPS) is 9.69. The van der Waals surface area contributed by atoms with Gasteiger partial charge in [0.1, 0.15) is 5.75 Å². The van der Waals surface area contributed by atoms with Crippen LogP contribution in [-0.4, -0.2) is 17.7 Å². The first kappa shape index (κ1) is 11.0. The van der Waals surface area contributed by atoms with Gasteiger partial charge in [-0.3, -0.25) is 0 Å². The summed E-state index contributed by atoms with van der Waals surface area (Å²) in [5.74, 6) is -0.368. The van der Waals surface area contributed by atoms with Gasteiger partial charge in [-0.1, -0.05) is 0 Å². The van der Waals surface area contributed by atoms with E-state index in [0.29, 0.717) is 5.75 Å². The molecule has 13 heavy (non-hydrogen) atoms. The van der Waals surface area contributed by atoms with E-state index in [0.717, 1.165) is 7.14 Å². The van der Waals surface area contributed by atoms with Crippen molar-refractivity contribution in [1.82, 2.24) is 0 Å². The van der Waals surface area contributed by atoms with E-state index in [9.17, 15) is 4.79 Å².